The highest BCUT2D eigenvalue weighted by Gasteiger charge is 2.32. The molecular weight excluding hydrogens is 482 g/mol. The van der Waals surface area contributed by atoms with E-state index in [9.17, 15) is 18.0 Å². The summed E-state index contributed by atoms with van der Waals surface area (Å²) < 4.78 is 27.2. The second-order valence-corrected chi connectivity index (χ2v) is 10.8. The maximum absolute atomic E-state index is 12.4. The van der Waals surface area contributed by atoms with E-state index in [0.29, 0.717) is 16.5 Å². The number of carbonyl (C=O) groups is 2. The average Bonchev–Trinajstić information content (AvgIpc) is 3.39. The third kappa shape index (κ3) is 5.97. The minimum absolute atomic E-state index is 0.00298. The van der Waals surface area contributed by atoms with Gasteiger partial charge < -0.3 is 10.6 Å². The van der Waals surface area contributed by atoms with Gasteiger partial charge in [-0.05, 0) is 43.3 Å². The van der Waals surface area contributed by atoms with Crippen LogP contribution in [0.5, 0.6) is 0 Å². The van der Waals surface area contributed by atoms with Gasteiger partial charge in [0.1, 0.15) is 5.25 Å². The maximum Gasteiger partial charge on any atom is 0.263 e. The van der Waals surface area contributed by atoms with Gasteiger partial charge in [0, 0.05) is 23.7 Å². The normalized spacial score (nSPS) is 17.1. The van der Waals surface area contributed by atoms with Crippen LogP contribution < -0.4 is 15.4 Å². The molecule has 0 radical (unpaired) electrons. The van der Waals surface area contributed by atoms with Crippen molar-refractivity contribution >= 4 is 66.6 Å². The second-order valence-electron chi connectivity index (χ2n) is 7.07. The van der Waals surface area contributed by atoms with Gasteiger partial charge in [-0.15, -0.1) is 11.3 Å². The van der Waals surface area contributed by atoms with Gasteiger partial charge in [0.2, 0.25) is 11.8 Å². The number of benzene rings is 2. The number of aryl methyl sites for hydroxylation is 1. The van der Waals surface area contributed by atoms with Crippen molar-refractivity contribution in [2.75, 3.05) is 10.0 Å². The third-order valence-electron chi connectivity index (χ3n) is 4.51. The molecule has 1 saturated heterocycles. The highest BCUT2D eigenvalue weighted by molar-refractivity contribution is 8.15. The van der Waals surface area contributed by atoms with E-state index in [2.05, 4.69) is 25.3 Å². The first kappa shape index (κ1) is 23.0. The summed E-state index contributed by atoms with van der Waals surface area (Å²) in [6.45, 7) is 1.96. The topological polar surface area (TPSA) is 130 Å². The number of amides is 2. The van der Waals surface area contributed by atoms with Crippen LogP contribution in [0.25, 0.3) is 0 Å². The molecule has 0 saturated carbocycles. The minimum atomic E-state index is -3.76. The fourth-order valence-corrected chi connectivity index (χ4v) is 5.65. The molecule has 12 heteroatoms. The molecule has 2 heterocycles. The Labute approximate surface area is 198 Å². The van der Waals surface area contributed by atoms with Crippen molar-refractivity contribution in [2.45, 2.75) is 23.5 Å². The van der Waals surface area contributed by atoms with Gasteiger partial charge in [0.25, 0.3) is 10.0 Å². The van der Waals surface area contributed by atoms with Crippen LogP contribution in [-0.4, -0.2) is 35.6 Å². The Morgan fingerprint density at radius 3 is 2.55 bits per heavy atom. The van der Waals surface area contributed by atoms with Gasteiger partial charge in [-0.3, -0.25) is 14.3 Å². The Hall–Kier alpha value is -3.22. The van der Waals surface area contributed by atoms with Crippen LogP contribution in [0.1, 0.15) is 12.0 Å². The van der Waals surface area contributed by atoms with E-state index in [1.54, 1.807) is 17.5 Å². The van der Waals surface area contributed by atoms with Crippen LogP contribution in [0.2, 0.25) is 0 Å². The Balaban J connectivity index is 1.37. The number of thiazole rings is 1. The first-order chi connectivity index (χ1) is 15.8. The molecule has 170 valence electrons. The van der Waals surface area contributed by atoms with Crippen LogP contribution in [0, 0.1) is 6.92 Å². The number of thioether (sulfide) groups is 1. The van der Waals surface area contributed by atoms with Gasteiger partial charge in [-0.25, -0.2) is 18.4 Å². The van der Waals surface area contributed by atoms with Crippen molar-refractivity contribution in [3.05, 3.63) is 65.7 Å². The summed E-state index contributed by atoms with van der Waals surface area (Å²) in [5.74, 6) is -0.570. The number of hydrogen-bond donors (Lipinski definition) is 3. The molecule has 1 fully saturated rings. The monoisotopic (exact) mass is 501 g/mol. The third-order valence-corrected chi connectivity index (χ3v) is 7.77. The zero-order valence-corrected chi connectivity index (χ0v) is 19.8. The molecule has 2 amide bonds. The lowest BCUT2D eigenvalue weighted by molar-refractivity contribution is -0.122. The average molecular weight is 502 g/mol. The molecule has 1 atom stereocenters. The lowest BCUT2D eigenvalue weighted by Gasteiger charge is -2.07. The number of aromatic nitrogens is 1. The first-order valence-corrected chi connectivity index (χ1v) is 13.0. The molecule has 9 nitrogen and oxygen atoms in total. The highest BCUT2D eigenvalue weighted by Crippen LogP contribution is 2.27. The van der Waals surface area contributed by atoms with Gasteiger partial charge in [0.05, 0.1) is 10.6 Å². The lowest BCUT2D eigenvalue weighted by atomic mass is 10.2. The van der Waals surface area contributed by atoms with E-state index in [4.69, 9.17) is 0 Å². The predicted molar refractivity (Wildman–Crippen MR) is 130 cm³/mol. The SMILES string of the molecule is Cc1ccc(NC(=O)CC2SC(=Nc3ccc(S(=O)(=O)Nc4nccs4)cc3)NC2=O)cc1. The highest BCUT2D eigenvalue weighted by atomic mass is 32.2. The fraction of sp³-hybridized carbons (Fsp3) is 0.143. The number of nitrogens with one attached hydrogen (secondary N) is 3. The van der Waals surface area contributed by atoms with Gasteiger partial charge in [0.15, 0.2) is 10.3 Å². The van der Waals surface area contributed by atoms with Crippen LogP contribution in [0.3, 0.4) is 0 Å². The summed E-state index contributed by atoms with van der Waals surface area (Å²) in [6, 6.07) is 13.3. The Morgan fingerprint density at radius 1 is 1.15 bits per heavy atom. The number of carbonyl (C=O) groups excluding carboxylic acids is 2. The molecule has 0 bridgehead atoms. The summed E-state index contributed by atoms with van der Waals surface area (Å²) in [4.78, 5) is 32.9. The largest absolute Gasteiger partial charge is 0.326 e. The van der Waals surface area contributed by atoms with Gasteiger partial charge >= 0.3 is 0 Å². The van der Waals surface area contributed by atoms with Crippen molar-refractivity contribution in [3.63, 3.8) is 0 Å². The summed E-state index contributed by atoms with van der Waals surface area (Å²) in [6.07, 6.45) is 1.51. The second kappa shape index (κ2) is 9.73. The van der Waals surface area contributed by atoms with Crippen molar-refractivity contribution in [1.82, 2.24) is 10.3 Å². The summed E-state index contributed by atoms with van der Waals surface area (Å²) >= 11 is 2.34. The summed E-state index contributed by atoms with van der Waals surface area (Å²) in [5, 5.41) is 7.14. The molecule has 2 aromatic carbocycles. The summed E-state index contributed by atoms with van der Waals surface area (Å²) in [7, 11) is -3.76. The van der Waals surface area contributed by atoms with Gasteiger partial charge in [-0.2, -0.15) is 0 Å². The van der Waals surface area contributed by atoms with E-state index in [0.717, 1.165) is 17.3 Å². The van der Waals surface area contributed by atoms with Crippen molar-refractivity contribution < 1.29 is 18.0 Å². The quantitative estimate of drug-likeness (QED) is 0.454. The predicted octanol–water partition coefficient (Wildman–Crippen LogP) is 3.50. The van der Waals surface area contributed by atoms with Crippen LogP contribution in [0.4, 0.5) is 16.5 Å². The molecule has 0 aliphatic carbocycles. The smallest absolute Gasteiger partial charge is 0.263 e. The number of nitrogens with zero attached hydrogens (tertiary/aromatic N) is 2. The zero-order valence-electron chi connectivity index (χ0n) is 17.3. The molecule has 1 unspecified atom stereocenters. The van der Waals surface area contributed by atoms with Crippen molar-refractivity contribution in [2.24, 2.45) is 4.99 Å². The van der Waals surface area contributed by atoms with Crippen molar-refractivity contribution in [1.29, 1.82) is 0 Å². The number of anilines is 2. The molecular formula is C21H19N5O4S3. The van der Waals surface area contributed by atoms with E-state index in [1.807, 2.05) is 19.1 Å². The van der Waals surface area contributed by atoms with E-state index >= 15 is 0 Å². The molecule has 1 aliphatic heterocycles. The first-order valence-electron chi connectivity index (χ1n) is 9.74. The summed E-state index contributed by atoms with van der Waals surface area (Å²) in [5.41, 5.74) is 2.22. The van der Waals surface area contributed by atoms with Crippen LogP contribution >= 0.6 is 23.1 Å². The van der Waals surface area contributed by atoms with Gasteiger partial charge in [-0.1, -0.05) is 29.5 Å². The zero-order chi connectivity index (χ0) is 23.4. The lowest BCUT2D eigenvalue weighted by Crippen LogP contribution is -2.28. The molecule has 33 heavy (non-hydrogen) atoms. The van der Waals surface area contributed by atoms with Crippen LogP contribution in [-0.2, 0) is 19.6 Å². The Bertz CT molecular complexity index is 1290. The van der Waals surface area contributed by atoms with E-state index < -0.39 is 15.3 Å². The van der Waals surface area contributed by atoms with E-state index in [-0.39, 0.29) is 28.3 Å². The Morgan fingerprint density at radius 2 is 1.88 bits per heavy atom. The molecule has 4 rings (SSSR count). The number of rotatable bonds is 7. The number of amidine groups is 1. The number of hydrogen-bond acceptors (Lipinski definition) is 8. The fourth-order valence-electron chi connectivity index (χ4n) is 2.87. The maximum atomic E-state index is 12.4. The van der Waals surface area contributed by atoms with E-state index in [1.165, 1.54) is 41.8 Å². The standard InChI is InChI=1S/C21H19N5O4S3/c1-13-2-4-14(5-3-13)23-18(27)12-17-19(28)25-21(32-17)24-15-6-8-16(9-7-15)33(29,30)26-20-22-10-11-31-20/h2-11,17H,12H2,1H3,(H,22,26)(H,23,27)(H,24,25,28). The Kier molecular flexibility index (Phi) is 6.77. The molecule has 3 N–H and O–H groups in total. The molecule has 0 spiro atoms. The molecule has 1 aromatic heterocycles. The number of aliphatic imine (C=N–C) groups is 1. The minimum Gasteiger partial charge on any atom is -0.326 e. The van der Waals surface area contributed by atoms with Crippen molar-refractivity contribution in [3.8, 4) is 0 Å². The molecule has 1 aliphatic rings. The molecule has 3 aromatic rings. The van der Waals surface area contributed by atoms with Crippen LogP contribution in [0.15, 0.2) is 70.0 Å². The number of sulfonamides is 1.